The lowest BCUT2D eigenvalue weighted by Crippen LogP contribution is -2.46. The summed E-state index contributed by atoms with van der Waals surface area (Å²) in [5.41, 5.74) is 0. The van der Waals surface area contributed by atoms with Crippen LogP contribution < -0.4 is 5.32 Å². The van der Waals surface area contributed by atoms with Gasteiger partial charge in [-0.15, -0.1) is 0 Å². The second-order valence-corrected chi connectivity index (χ2v) is 14.3. The molecule has 0 fully saturated rings. The number of rotatable bonds is 33. The average molecular weight is 690 g/mol. The van der Waals surface area contributed by atoms with Crippen LogP contribution in [0.15, 0.2) is 72.9 Å². The fourth-order valence-corrected chi connectivity index (χ4v) is 6.07. The number of nitrogens with one attached hydrogen (secondary N) is 1. The molecule has 7 heteroatoms. The molecule has 48 heavy (non-hydrogen) atoms. The van der Waals surface area contributed by atoms with Crippen LogP contribution in [-0.4, -0.2) is 41.9 Å². The minimum atomic E-state index is -4.38. The maximum atomic E-state index is 12.4. The van der Waals surface area contributed by atoms with Gasteiger partial charge in [0.05, 0.1) is 17.9 Å². The number of carbonyl (C=O) groups excluding carboxylic acids is 1. The highest BCUT2D eigenvalue weighted by atomic mass is 32.2. The molecule has 0 aromatic carbocycles. The molecule has 2 unspecified atom stereocenters. The standard InChI is InChI=1S/C41H71NO5S/c1-3-5-7-9-11-13-15-17-19-20-21-23-24-26-28-30-32-34-36-40(43)39(38-48(45,46)47)42-41(44)37-35-33-31-29-27-25-22-18-16-14-12-10-8-6-4-2/h6,8,12,14,18,22,27,29,33-36,39-40,43H,3-5,7,9-11,13,15-17,19-21,23-26,28,30-32,37-38H2,1-2H3,(H,42,44)(H,45,46,47)/b8-6-,14-12-,22-18-,29-27-,35-33-,36-34+. The van der Waals surface area contributed by atoms with E-state index in [4.69, 9.17) is 0 Å². The molecule has 0 spiro atoms. The van der Waals surface area contributed by atoms with Gasteiger partial charge < -0.3 is 10.4 Å². The molecule has 0 aliphatic carbocycles. The van der Waals surface area contributed by atoms with E-state index in [1.807, 2.05) is 18.2 Å². The number of hydrogen-bond donors (Lipinski definition) is 3. The molecule has 0 aliphatic heterocycles. The summed E-state index contributed by atoms with van der Waals surface area (Å²) in [5, 5.41) is 13.1. The minimum Gasteiger partial charge on any atom is -0.387 e. The molecular formula is C41H71NO5S. The second kappa shape index (κ2) is 34.6. The third-order valence-electron chi connectivity index (χ3n) is 8.17. The number of amides is 1. The summed E-state index contributed by atoms with van der Waals surface area (Å²) in [5.74, 6) is -1.15. The lowest BCUT2D eigenvalue weighted by atomic mass is 10.0. The van der Waals surface area contributed by atoms with Gasteiger partial charge in [0.1, 0.15) is 0 Å². The number of hydrogen-bond acceptors (Lipinski definition) is 4. The van der Waals surface area contributed by atoms with Crippen molar-refractivity contribution in [1.29, 1.82) is 0 Å². The van der Waals surface area contributed by atoms with E-state index in [2.05, 4.69) is 61.7 Å². The van der Waals surface area contributed by atoms with Gasteiger partial charge in [-0.05, 0) is 44.9 Å². The van der Waals surface area contributed by atoms with Crippen LogP contribution in [-0.2, 0) is 14.9 Å². The molecule has 6 nitrogen and oxygen atoms in total. The zero-order chi connectivity index (χ0) is 35.4. The van der Waals surface area contributed by atoms with Gasteiger partial charge in [0, 0.05) is 6.42 Å². The van der Waals surface area contributed by atoms with Crippen molar-refractivity contribution in [3.8, 4) is 0 Å². The molecule has 0 bridgehead atoms. The van der Waals surface area contributed by atoms with Crippen molar-refractivity contribution < 1.29 is 22.9 Å². The normalized spacial score (nSPS) is 14.2. The lowest BCUT2D eigenvalue weighted by molar-refractivity contribution is -0.121. The molecule has 0 saturated heterocycles. The Morgan fingerprint density at radius 2 is 0.979 bits per heavy atom. The Morgan fingerprint density at radius 1 is 0.583 bits per heavy atom. The van der Waals surface area contributed by atoms with Gasteiger partial charge >= 0.3 is 0 Å². The van der Waals surface area contributed by atoms with E-state index in [0.717, 1.165) is 44.9 Å². The van der Waals surface area contributed by atoms with Crippen molar-refractivity contribution in [3.63, 3.8) is 0 Å². The summed E-state index contributed by atoms with van der Waals surface area (Å²) in [6, 6.07) is -1.11. The maximum Gasteiger partial charge on any atom is 0.267 e. The quantitative estimate of drug-likeness (QED) is 0.0361. The summed E-state index contributed by atoms with van der Waals surface area (Å²) in [6.07, 6.45) is 49.1. The summed E-state index contributed by atoms with van der Waals surface area (Å²) in [4.78, 5) is 12.4. The molecule has 0 saturated carbocycles. The first-order chi connectivity index (χ1) is 23.3. The first kappa shape index (κ1) is 45.8. The van der Waals surface area contributed by atoms with Crippen LogP contribution in [0, 0.1) is 0 Å². The predicted octanol–water partition coefficient (Wildman–Crippen LogP) is 11.1. The van der Waals surface area contributed by atoms with Crippen molar-refractivity contribution in [2.45, 2.75) is 174 Å². The number of carbonyl (C=O) groups is 1. The monoisotopic (exact) mass is 690 g/mol. The van der Waals surface area contributed by atoms with Crippen LogP contribution in [0.1, 0.15) is 162 Å². The Hall–Kier alpha value is -2.22. The van der Waals surface area contributed by atoms with Crippen LogP contribution >= 0.6 is 0 Å². The molecule has 0 aromatic heterocycles. The fourth-order valence-electron chi connectivity index (χ4n) is 5.34. The molecule has 3 N–H and O–H groups in total. The largest absolute Gasteiger partial charge is 0.387 e. The van der Waals surface area contributed by atoms with E-state index < -0.39 is 33.9 Å². The molecule has 0 aromatic rings. The van der Waals surface area contributed by atoms with Gasteiger partial charge in [-0.1, -0.05) is 183 Å². The molecule has 2 atom stereocenters. The van der Waals surface area contributed by atoms with Gasteiger partial charge in [-0.3, -0.25) is 9.35 Å². The van der Waals surface area contributed by atoms with Crippen LogP contribution in [0.2, 0.25) is 0 Å². The van der Waals surface area contributed by atoms with E-state index in [-0.39, 0.29) is 6.42 Å². The van der Waals surface area contributed by atoms with Crippen molar-refractivity contribution >= 4 is 16.0 Å². The lowest BCUT2D eigenvalue weighted by Gasteiger charge is -2.20. The van der Waals surface area contributed by atoms with E-state index in [1.165, 1.54) is 96.0 Å². The van der Waals surface area contributed by atoms with Crippen molar-refractivity contribution in [2.75, 3.05) is 5.75 Å². The maximum absolute atomic E-state index is 12.4. The smallest absolute Gasteiger partial charge is 0.267 e. The van der Waals surface area contributed by atoms with Gasteiger partial charge in [0.2, 0.25) is 5.91 Å². The van der Waals surface area contributed by atoms with Gasteiger partial charge in [-0.2, -0.15) is 8.42 Å². The van der Waals surface area contributed by atoms with Crippen molar-refractivity contribution in [2.24, 2.45) is 0 Å². The van der Waals surface area contributed by atoms with Gasteiger partial charge in [-0.25, -0.2) is 0 Å². The Labute approximate surface area is 295 Å². The molecule has 0 heterocycles. The highest BCUT2D eigenvalue weighted by Gasteiger charge is 2.24. The Balaban J connectivity index is 4.10. The van der Waals surface area contributed by atoms with E-state index in [9.17, 15) is 22.9 Å². The summed E-state index contributed by atoms with van der Waals surface area (Å²) >= 11 is 0. The first-order valence-electron chi connectivity index (χ1n) is 19.1. The van der Waals surface area contributed by atoms with E-state index >= 15 is 0 Å². The van der Waals surface area contributed by atoms with Gasteiger partial charge in [0.25, 0.3) is 10.1 Å². The highest BCUT2D eigenvalue weighted by Crippen LogP contribution is 2.14. The SMILES string of the molecule is CC/C=C\C/C=C\C/C=C\C/C=C\C/C=C\CC(=O)NC(CS(=O)(=O)O)C(O)/C=C/CCCCCCCCCCCCCCCCCC. The molecule has 0 radical (unpaired) electrons. The third kappa shape index (κ3) is 35.1. The third-order valence-corrected chi connectivity index (χ3v) is 8.95. The number of aliphatic hydroxyl groups is 1. The molecule has 276 valence electrons. The number of allylic oxidation sites excluding steroid dienone is 10. The summed E-state index contributed by atoms with van der Waals surface area (Å²) < 4.78 is 32.4. The zero-order valence-corrected chi connectivity index (χ0v) is 31.4. The Bertz CT molecular complexity index is 1030. The Kier molecular flexibility index (Phi) is 33.0. The average Bonchev–Trinajstić information content (AvgIpc) is 3.05. The Morgan fingerprint density at radius 3 is 1.40 bits per heavy atom. The highest BCUT2D eigenvalue weighted by molar-refractivity contribution is 7.85. The van der Waals surface area contributed by atoms with Crippen LogP contribution in [0.5, 0.6) is 0 Å². The van der Waals surface area contributed by atoms with Crippen molar-refractivity contribution in [1.82, 2.24) is 5.32 Å². The fraction of sp³-hybridized carbons (Fsp3) is 0.683. The predicted molar refractivity (Wildman–Crippen MR) is 207 cm³/mol. The molecule has 0 rings (SSSR count). The first-order valence-corrected chi connectivity index (χ1v) is 20.7. The van der Waals surface area contributed by atoms with E-state index in [1.54, 1.807) is 6.08 Å². The number of unbranched alkanes of at least 4 members (excludes halogenated alkanes) is 16. The summed E-state index contributed by atoms with van der Waals surface area (Å²) in [7, 11) is -4.38. The second-order valence-electron chi connectivity index (χ2n) is 12.8. The molecule has 0 aliphatic rings. The van der Waals surface area contributed by atoms with Crippen LogP contribution in [0.3, 0.4) is 0 Å². The molecule has 1 amide bonds. The topological polar surface area (TPSA) is 104 Å². The van der Waals surface area contributed by atoms with Gasteiger partial charge in [0.15, 0.2) is 0 Å². The van der Waals surface area contributed by atoms with Crippen LogP contribution in [0.4, 0.5) is 0 Å². The zero-order valence-electron chi connectivity index (χ0n) is 30.6. The van der Waals surface area contributed by atoms with E-state index in [0.29, 0.717) is 6.42 Å². The van der Waals surface area contributed by atoms with Crippen LogP contribution in [0.25, 0.3) is 0 Å². The molecular weight excluding hydrogens is 619 g/mol. The minimum absolute atomic E-state index is 0.0606. The summed E-state index contributed by atoms with van der Waals surface area (Å²) in [6.45, 7) is 4.39. The number of aliphatic hydroxyl groups excluding tert-OH is 1. The van der Waals surface area contributed by atoms with Crippen molar-refractivity contribution in [3.05, 3.63) is 72.9 Å².